The molecular formula is C12H12BrN7. The zero-order valence-electron chi connectivity index (χ0n) is 10.6. The fourth-order valence-corrected chi connectivity index (χ4v) is 2.89. The first-order valence-electron chi connectivity index (χ1n) is 6.36. The molecule has 1 aliphatic heterocycles. The van der Waals surface area contributed by atoms with Crippen molar-refractivity contribution in [3.63, 3.8) is 0 Å². The van der Waals surface area contributed by atoms with E-state index in [-0.39, 0.29) is 0 Å². The topological polar surface area (TPSA) is 75.5 Å². The number of fused-ring (bicyclic) bond motifs is 1. The summed E-state index contributed by atoms with van der Waals surface area (Å²) in [5, 5.41) is 12.2. The molecule has 0 bridgehead atoms. The largest absolute Gasteiger partial charge is 0.355 e. The van der Waals surface area contributed by atoms with Crippen molar-refractivity contribution in [3.8, 4) is 0 Å². The molecule has 0 saturated carbocycles. The molecule has 3 aromatic heterocycles. The summed E-state index contributed by atoms with van der Waals surface area (Å²) >= 11 is 3.41. The minimum absolute atomic E-state index is 0.596. The van der Waals surface area contributed by atoms with E-state index in [2.05, 4.69) is 46.1 Å². The molecule has 0 spiro atoms. The summed E-state index contributed by atoms with van der Waals surface area (Å²) in [5.41, 5.74) is 0.787. The second-order valence-electron chi connectivity index (χ2n) is 4.98. The predicted octanol–water partition coefficient (Wildman–Crippen LogP) is 1.45. The van der Waals surface area contributed by atoms with Crippen LogP contribution in [0.15, 0.2) is 29.4 Å². The lowest BCUT2D eigenvalue weighted by Crippen LogP contribution is -2.49. The molecule has 1 N–H and O–H groups in total. The van der Waals surface area contributed by atoms with Gasteiger partial charge in [-0.15, -0.1) is 0 Å². The molecule has 4 heterocycles. The maximum absolute atomic E-state index is 4.37. The number of halogens is 1. The number of rotatable bonds is 3. The number of aromatic nitrogens is 6. The lowest BCUT2D eigenvalue weighted by molar-refractivity contribution is 0.341. The van der Waals surface area contributed by atoms with Gasteiger partial charge in [0.2, 0.25) is 0 Å². The van der Waals surface area contributed by atoms with Crippen LogP contribution in [0.4, 0.5) is 5.82 Å². The van der Waals surface area contributed by atoms with Crippen LogP contribution >= 0.6 is 15.9 Å². The van der Waals surface area contributed by atoms with E-state index >= 15 is 0 Å². The summed E-state index contributed by atoms with van der Waals surface area (Å²) < 4.78 is 2.99. The number of H-pyrrole nitrogens is 1. The Bertz CT molecular complexity index is 743. The molecule has 0 atom stereocenters. The van der Waals surface area contributed by atoms with Gasteiger partial charge in [0.15, 0.2) is 5.65 Å². The molecule has 1 fully saturated rings. The molecule has 1 aliphatic rings. The molecule has 0 aliphatic carbocycles. The first kappa shape index (κ1) is 11.8. The van der Waals surface area contributed by atoms with Crippen LogP contribution in [0.3, 0.4) is 0 Å². The van der Waals surface area contributed by atoms with Gasteiger partial charge in [0, 0.05) is 31.7 Å². The Morgan fingerprint density at radius 2 is 2.20 bits per heavy atom. The van der Waals surface area contributed by atoms with Crippen molar-refractivity contribution in [3.05, 3.63) is 29.4 Å². The van der Waals surface area contributed by atoms with E-state index in [9.17, 15) is 0 Å². The quantitative estimate of drug-likeness (QED) is 0.785. The van der Waals surface area contributed by atoms with Crippen LogP contribution in [0, 0.1) is 5.92 Å². The highest BCUT2D eigenvalue weighted by Crippen LogP contribution is 2.28. The first-order chi connectivity index (χ1) is 9.79. The van der Waals surface area contributed by atoms with Gasteiger partial charge < -0.3 is 4.90 Å². The molecule has 20 heavy (non-hydrogen) atoms. The average molecular weight is 334 g/mol. The van der Waals surface area contributed by atoms with E-state index in [1.54, 1.807) is 12.5 Å². The van der Waals surface area contributed by atoms with Crippen LogP contribution in [0.25, 0.3) is 11.0 Å². The van der Waals surface area contributed by atoms with Crippen molar-refractivity contribution >= 4 is 32.8 Å². The van der Waals surface area contributed by atoms with E-state index in [4.69, 9.17) is 0 Å². The van der Waals surface area contributed by atoms with Gasteiger partial charge in [-0.2, -0.15) is 10.2 Å². The zero-order chi connectivity index (χ0) is 13.5. The summed E-state index contributed by atoms with van der Waals surface area (Å²) in [5.74, 6) is 1.56. The fraction of sp³-hybridized carbons (Fsp3) is 0.333. The van der Waals surface area contributed by atoms with Crippen LogP contribution in [0.2, 0.25) is 0 Å². The average Bonchev–Trinajstić information content (AvgIpc) is 3.01. The number of hydrogen-bond donors (Lipinski definition) is 1. The van der Waals surface area contributed by atoms with Gasteiger partial charge in [0.1, 0.15) is 12.1 Å². The third kappa shape index (κ3) is 1.96. The highest BCUT2D eigenvalue weighted by molar-refractivity contribution is 9.10. The third-order valence-electron chi connectivity index (χ3n) is 3.53. The summed E-state index contributed by atoms with van der Waals surface area (Å²) in [6.07, 6.45) is 7.17. The molecule has 102 valence electrons. The molecule has 1 saturated heterocycles. The number of nitrogens with zero attached hydrogens (tertiary/aromatic N) is 6. The molecule has 0 unspecified atom stereocenters. The first-order valence-corrected chi connectivity index (χ1v) is 7.16. The van der Waals surface area contributed by atoms with E-state index < -0.39 is 0 Å². The maximum Gasteiger partial charge on any atom is 0.160 e. The van der Waals surface area contributed by atoms with Crippen LogP contribution < -0.4 is 4.90 Å². The van der Waals surface area contributed by atoms with Crippen LogP contribution in [0.5, 0.6) is 0 Å². The predicted molar refractivity (Wildman–Crippen MR) is 77.3 cm³/mol. The Morgan fingerprint density at radius 3 is 3.00 bits per heavy atom. The molecule has 7 nitrogen and oxygen atoms in total. The lowest BCUT2D eigenvalue weighted by atomic mass is 10.00. The molecule has 3 aromatic rings. The Hall–Kier alpha value is -1.96. The summed E-state index contributed by atoms with van der Waals surface area (Å²) in [7, 11) is 0. The van der Waals surface area contributed by atoms with Crippen molar-refractivity contribution in [2.24, 2.45) is 5.92 Å². The minimum atomic E-state index is 0.596. The van der Waals surface area contributed by atoms with Gasteiger partial charge in [-0.05, 0) is 15.9 Å². The van der Waals surface area contributed by atoms with Crippen molar-refractivity contribution in [2.45, 2.75) is 6.54 Å². The number of nitrogens with one attached hydrogen (secondary N) is 1. The lowest BCUT2D eigenvalue weighted by Gasteiger charge is -2.40. The second kappa shape index (κ2) is 4.55. The minimum Gasteiger partial charge on any atom is -0.355 e. The smallest absolute Gasteiger partial charge is 0.160 e. The molecule has 8 heteroatoms. The van der Waals surface area contributed by atoms with Gasteiger partial charge in [-0.3, -0.25) is 9.78 Å². The summed E-state index contributed by atoms with van der Waals surface area (Å²) in [4.78, 5) is 10.8. The number of aromatic amines is 1. The Kier molecular flexibility index (Phi) is 2.69. The van der Waals surface area contributed by atoms with Crippen LogP contribution in [-0.4, -0.2) is 43.0 Å². The van der Waals surface area contributed by atoms with Crippen molar-refractivity contribution < 1.29 is 0 Å². The van der Waals surface area contributed by atoms with E-state index in [1.165, 1.54) is 0 Å². The Morgan fingerprint density at radius 1 is 1.30 bits per heavy atom. The molecule has 0 amide bonds. The molecule has 4 rings (SSSR count). The summed E-state index contributed by atoms with van der Waals surface area (Å²) in [6, 6.07) is 0. The van der Waals surface area contributed by atoms with Crippen molar-refractivity contribution in [1.29, 1.82) is 0 Å². The highest BCUT2D eigenvalue weighted by atomic mass is 79.9. The van der Waals surface area contributed by atoms with Gasteiger partial charge in [-0.25, -0.2) is 9.97 Å². The van der Waals surface area contributed by atoms with Gasteiger partial charge >= 0.3 is 0 Å². The maximum atomic E-state index is 4.37. The molecular weight excluding hydrogens is 322 g/mol. The SMILES string of the molecule is Brc1cnn(CC2CN(c3ncnc4[nH]ncc34)C2)c1. The number of hydrogen-bond acceptors (Lipinski definition) is 5. The Balaban J connectivity index is 1.47. The standard InChI is InChI=1S/C12H12BrN7/c13-9-1-17-20(6-9)5-8-3-19(4-8)12-10-2-16-18-11(10)14-7-15-12/h1-2,6-8H,3-5H2,(H,14,15,16,18). The van der Waals surface area contributed by atoms with E-state index in [1.807, 2.05) is 17.1 Å². The Labute approximate surface area is 123 Å². The monoisotopic (exact) mass is 333 g/mol. The van der Waals surface area contributed by atoms with E-state index in [0.717, 1.165) is 41.0 Å². The summed E-state index contributed by atoms with van der Waals surface area (Å²) in [6.45, 7) is 2.89. The van der Waals surface area contributed by atoms with Crippen LogP contribution in [-0.2, 0) is 6.54 Å². The van der Waals surface area contributed by atoms with Crippen molar-refractivity contribution in [2.75, 3.05) is 18.0 Å². The van der Waals surface area contributed by atoms with E-state index in [0.29, 0.717) is 5.92 Å². The highest BCUT2D eigenvalue weighted by Gasteiger charge is 2.29. The van der Waals surface area contributed by atoms with Crippen molar-refractivity contribution in [1.82, 2.24) is 29.9 Å². The zero-order valence-corrected chi connectivity index (χ0v) is 12.2. The van der Waals surface area contributed by atoms with Gasteiger partial charge in [0.25, 0.3) is 0 Å². The second-order valence-corrected chi connectivity index (χ2v) is 5.90. The van der Waals surface area contributed by atoms with Gasteiger partial charge in [-0.1, -0.05) is 0 Å². The fourth-order valence-electron chi connectivity index (χ4n) is 2.57. The molecule has 0 aromatic carbocycles. The number of anilines is 1. The third-order valence-corrected chi connectivity index (χ3v) is 3.94. The van der Waals surface area contributed by atoms with Gasteiger partial charge in [0.05, 0.1) is 22.3 Å². The molecule has 0 radical (unpaired) electrons. The normalized spacial score (nSPS) is 15.8. The van der Waals surface area contributed by atoms with Crippen LogP contribution in [0.1, 0.15) is 0 Å².